The number of carbonyl (C=O) groups is 1. The standard InChI is InChI=1S/C17H24N2O3.ClH/c1-21-13-6-4-12(5-7-13)15-3-2-10-19(15)17(20)16-9-8-14(11-18)22-16;/h4-7,14-16H,2-3,8-11,18H2,1H3;1H/t14-,15?,16+;/m1./s1. The summed E-state index contributed by atoms with van der Waals surface area (Å²) in [6.45, 7) is 1.30. The Bertz CT molecular complexity index is 523. The van der Waals surface area contributed by atoms with Gasteiger partial charge in [0.2, 0.25) is 0 Å². The third kappa shape index (κ3) is 3.79. The first-order valence-electron chi connectivity index (χ1n) is 8.03. The van der Waals surface area contributed by atoms with E-state index in [2.05, 4.69) is 0 Å². The summed E-state index contributed by atoms with van der Waals surface area (Å²) in [6, 6.07) is 8.15. The molecule has 1 aromatic carbocycles. The lowest BCUT2D eigenvalue weighted by molar-refractivity contribution is -0.143. The molecule has 0 spiro atoms. The smallest absolute Gasteiger partial charge is 0.252 e. The molecule has 1 aromatic rings. The van der Waals surface area contributed by atoms with Gasteiger partial charge in [-0.2, -0.15) is 0 Å². The highest BCUT2D eigenvalue weighted by Crippen LogP contribution is 2.34. The number of rotatable bonds is 4. The Kier molecular flexibility index (Phi) is 6.27. The van der Waals surface area contributed by atoms with Crippen LogP contribution in [0.3, 0.4) is 0 Å². The Morgan fingerprint density at radius 3 is 2.65 bits per heavy atom. The summed E-state index contributed by atoms with van der Waals surface area (Å²) in [6.07, 6.45) is 3.43. The lowest BCUT2D eigenvalue weighted by atomic mass is 10.0. The first-order valence-corrected chi connectivity index (χ1v) is 8.03. The summed E-state index contributed by atoms with van der Waals surface area (Å²) in [5, 5.41) is 0. The van der Waals surface area contributed by atoms with Gasteiger partial charge in [0.1, 0.15) is 11.9 Å². The number of benzene rings is 1. The van der Waals surface area contributed by atoms with Crippen molar-refractivity contribution in [3.05, 3.63) is 29.8 Å². The Hall–Kier alpha value is -1.30. The van der Waals surface area contributed by atoms with E-state index >= 15 is 0 Å². The van der Waals surface area contributed by atoms with Gasteiger partial charge < -0.3 is 20.1 Å². The third-order valence-corrected chi connectivity index (χ3v) is 4.68. The Balaban J connectivity index is 0.00000192. The van der Waals surface area contributed by atoms with Gasteiger partial charge in [-0.05, 0) is 43.4 Å². The summed E-state index contributed by atoms with van der Waals surface area (Å²) in [5.74, 6) is 0.957. The van der Waals surface area contributed by atoms with Crippen molar-refractivity contribution >= 4 is 18.3 Å². The Morgan fingerprint density at radius 2 is 2.04 bits per heavy atom. The third-order valence-electron chi connectivity index (χ3n) is 4.68. The van der Waals surface area contributed by atoms with Crippen molar-refractivity contribution in [3.8, 4) is 5.75 Å². The van der Waals surface area contributed by atoms with Gasteiger partial charge in [-0.3, -0.25) is 4.79 Å². The van der Waals surface area contributed by atoms with E-state index in [0.29, 0.717) is 6.54 Å². The van der Waals surface area contributed by atoms with Crippen molar-refractivity contribution in [3.63, 3.8) is 0 Å². The van der Waals surface area contributed by atoms with E-state index in [4.69, 9.17) is 15.2 Å². The molecule has 128 valence electrons. The fourth-order valence-electron chi connectivity index (χ4n) is 3.45. The Labute approximate surface area is 143 Å². The minimum Gasteiger partial charge on any atom is -0.497 e. The molecule has 2 aliphatic heterocycles. The largest absolute Gasteiger partial charge is 0.497 e. The van der Waals surface area contributed by atoms with Crippen LogP contribution in [0.15, 0.2) is 24.3 Å². The van der Waals surface area contributed by atoms with Crippen molar-refractivity contribution in [2.24, 2.45) is 5.73 Å². The molecule has 0 saturated carbocycles. The van der Waals surface area contributed by atoms with E-state index in [1.165, 1.54) is 5.56 Å². The molecule has 0 radical (unpaired) electrons. The molecule has 2 aliphatic rings. The maximum absolute atomic E-state index is 12.8. The van der Waals surface area contributed by atoms with E-state index in [1.807, 2.05) is 29.2 Å². The second kappa shape index (κ2) is 7.99. The molecule has 23 heavy (non-hydrogen) atoms. The van der Waals surface area contributed by atoms with Crippen LogP contribution < -0.4 is 10.5 Å². The van der Waals surface area contributed by atoms with Crippen LogP contribution in [-0.2, 0) is 9.53 Å². The fraction of sp³-hybridized carbons (Fsp3) is 0.588. The molecule has 5 nitrogen and oxygen atoms in total. The van der Waals surface area contributed by atoms with Crippen LogP contribution in [0.1, 0.15) is 37.3 Å². The summed E-state index contributed by atoms with van der Waals surface area (Å²) in [7, 11) is 1.66. The molecule has 2 heterocycles. The molecule has 2 saturated heterocycles. The monoisotopic (exact) mass is 340 g/mol. The predicted molar refractivity (Wildman–Crippen MR) is 90.9 cm³/mol. The zero-order chi connectivity index (χ0) is 15.5. The number of carbonyl (C=O) groups excluding carboxylic acids is 1. The Morgan fingerprint density at radius 1 is 1.30 bits per heavy atom. The molecule has 2 N–H and O–H groups in total. The van der Waals surface area contributed by atoms with E-state index in [0.717, 1.165) is 38.0 Å². The van der Waals surface area contributed by atoms with Gasteiger partial charge in [-0.1, -0.05) is 12.1 Å². The van der Waals surface area contributed by atoms with Crippen molar-refractivity contribution in [1.29, 1.82) is 0 Å². The number of methoxy groups -OCH3 is 1. The maximum atomic E-state index is 12.8. The van der Waals surface area contributed by atoms with E-state index in [9.17, 15) is 4.79 Å². The zero-order valence-corrected chi connectivity index (χ0v) is 14.3. The average Bonchev–Trinajstić information content (AvgIpc) is 3.23. The minimum atomic E-state index is -0.313. The van der Waals surface area contributed by atoms with Gasteiger partial charge in [0.05, 0.1) is 19.3 Å². The minimum absolute atomic E-state index is 0. The first-order chi connectivity index (χ1) is 10.7. The number of nitrogens with two attached hydrogens (primary N) is 1. The van der Waals surface area contributed by atoms with Crippen LogP contribution in [0, 0.1) is 0 Å². The first kappa shape index (κ1) is 18.0. The van der Waals surface area contributed by atoms with Crippen molar-refractivity contribution in [1.82, 2.24) is 4.90 Å². The number of hydrogen-bond donors (Lipinski definition) is 1. The molecule has 0 aliphatic carbocycles. The number of ether oxygens (including phenoxy) is 2. The molecule has 0 bridgehead atoms. The highest BCUT2D eigenvalue weighted by molar-refractivity contribution is 5.85. The maximum Gasteiger partial charge on any atom is 0.252 e. The number of likely N-dealkylation sites (tertiary alicyclic amines) is 1. The van der Waals surface area contributed by atoms with Crippen LogP contribution in [0.5, 0.6) is 5.75 Å². The number of halogens is 1. The quantitative estimate of drug-likeness (QED) is 0.913. The summed E-state index contributed by atoms with van der Waals surface area (Å²) < 4.78 is 11.0. The van der Waals surface area contributed by atoms with Gasteiger partial charge >= 0.3 is 0 Å². The van der Waals surface area contributed by atoms with Gasteiger partial charge in [0.15, 0.2) is 0 Å². The molecular formula is C17H25ClN2O3. The molecule has 1 unspecified atom stereocenters. The van der Waals surface area contributed by atoms with Gasteiger partial charge in [-0.25, -0.2) is 0 Å². The second-order valence-electron chi connectivity index (χ2n) is 6.02. The number of hydrogen-bond acceptors (Lipinski definition) is 4. The second-order valence-corrected chi connectivity index (χ2v) is 6.02. The van der Waals surface area contributed by atoms with Gasteiger partial charge in [0.25, 0.3) is 5.91 Å². The molecule has 6 heteroatoms. The van der Waals surface area contributed by atoms with Crippen molar-refractivity contribution in [2.45, 2.75) is 43.9 Å². The predicted octanol–water partition coefficient (Wildman–Crippen LogP) is 2.29. The molecular weight excluding hydrogens is 316 g/mol. The fourth-order valence-corrected chi connectivity index (χ4v) is 3.45. The zero-order valence-electron chi connectivity index (χ0n) is 13.4. The van der Waals surface area contributed by atoms with Crippen LogP contribution in [0.2, 0.25) is 0 Å². The van der Waals surface area contributed by atoms with Crippen molar-refractivity contribution in [2.75, 3.05) is 20.2 Å². The molecule has 1 amide bonds. The average molecular weight is 341 g/mol. The van der Waals surface area contributed by atoms with Crippen LogP contribution in [0.25, 0.3) is 0 Å². The van der Waals surface area contributed by atoms with Gasteiger partial charge in [-0.15, -0.1) is 12.4 Å². The van der Waals surface area contributed by atoms with Crippen molar-refractivity contribution < 1.29 is 14.3 Å². The van der Waals surface area contributed by atoms with E-state index in [-0.39, 0.29) is 36.6 Å². The SMILES string of the molecule is COc1ccc(C2CCCN2C(=O)[C@@H]2CC[C@H](CN)O2)cc1.Cl. The molecule has 3 atom stereocenters. The molecule has 3 rings (SSSR count). The molecule has 2 fully saturated rings. The normalized spacial score (nSPS) is 26.9. The summed E-state index contributed by atoms with van der Waals surface area (Å²) in [5.41, 5.74) is 6.80. The van der Waals surface area contributed by atoms with Crippen LogP contribution in [-0.4, -0.2) is 43.2 Å². The van der Waals surface area contributed by atoms with Crippen LogP contribution in [0.4, 0.5) is 0 Å². The molecule has 0 aromatic heterocycles. The van der Waals surface area contributed by atoms with E-state index < -0.39 is 0 Å². The van der Waals surface area contributed by atoms with Gasteiger partial charge in [0, 0.05) is 13.1 Å². The van der Waals surface area contributed by atoms with E-state index in [1.54, 1.807) is 7.11 Å². The summed E-state index contributed by atoms with van der Waals surface area (Å²) >= 11 is 0. The lowest BCUT2D eigenvalue weighted by Gasteiger charge is -2.27. The number of nitrogens with zero attached hydrogens (tertiary/aromatic N) is 1. The number of amides is 1. The highest BCUT2D eigenvalue weighted by atomic mass is 35.5. The highest BCUT2D eigenvalue weighted by Gasteiger charge is 2.37. The van der Waals surface area contributed by atoms with Crippen LogP contribution >= 0.6 is 12.4 Å². The lowest BCUT2D eigenvalue weighted by Crippen LogP contribution is -2.39. The summed E-state index contributed by atoms with van der Waals surface area (Å²) in [4.78, 5) is 14.7. The topological polar surface area (TPSA) is 64.8 Å².